The molecular weight excluding hydrogens is 296 g/mol. The maximum absolute atomic E-state index is 13.5. The first-order valence-electron chi connectivity index (χ1n) is 8.36. The molecule has 3 heteroatoms. The lowest BCUT2D eigenvalue weighted by atomic mass is 9.66. The molecule has 1 unspecified atom stereocenters. The third-order valence-corrected chi connectivity index (χ3v) is 5.15. The molecule has 2 heterocycles. The van der Waals surface area contributed by atoms with Gasteiger partial charge in [0.1, 0.15) is 5.41 Å². The fraction of sp³-hybridized carbons (Fsp3) is 0.333. The molecule has 0 radical (unpaired) electrons. The number of likely N-dealkylation sites (N-methyl/N-ethyl adjacent to an activating group) is 1. The van der Waals surface area contributed by atoms with Gasteiger partial charge in [0.25, 0.3) is 0 Å². The largest absolute Gasteiger partial charge is 0.314 e. The summed E-state index contributed by atoms with van der Waals surface area (Å²) in [5.74, 6) is 0.0972. The minimum Gasteiger partial charge on any atom is -0.314 e. The molecule has 0 bridgehead atoms. The Balaban J connectivity index is 2.13. The van der Waals surface area contributed by atoms with Crippen LogP contribution in [0.2, 0.25) is 0 Å². The van der Waals surface area contributed by atoms with Crippen LogP contribution in [-0.4, -0.2) is 18.7 Å². The van der Waals surface area contributed by atoms with Gasteiger partial charge >= 0.3 is 0 Å². The first-order chi connectivity index (χ1) is 11.3. The molecule has 0 fully saturated rings. The maximum atomic E-state index is 13.5. The van der Waals surface area contributed by atoms with Crippen LogP contribution in [0.1, 0.15) is 37.5 Å². The van der Waals surface area contributed by atoms with Gasteiger partial charge < -0.3 is 4.90 Å². The zero-order valence-corrected chi connectivity index (χ0v) is 14.8. The Hall–Kier alpha value is -2.42. The van der Waals surface area contributed by atoms with Gasteiger partial charge in [0.2, 0.25) is 5.91 Å². The number of anilines is 1. The molecule has 1 atom stereocenters. The van der Waals surface area contributed by atoms with Crippen LogP contribution in [0.25, 0.3) is 0 Å². The number of rotatable bonds is 0. The van der Waals surface area contributed by atoms with E-state index in [1.165, 1.54) is 0 Å². The molecular formula is C21H22N2O. The van der Waals surface area contributed by atoms with Crippen molar-refractivity contribution >= 4 is 23.0 Å². The smallest absolute Gasteiger partial charge is 0.247 e. The number of carbonyl (C=O) groups excluding carboxylic acids is 1. The van der Waals surface area contributed by atoms with Crippen molar-refractivity contribution in [1.29, 1.82) is 0 Å². The van der Waals surface area contributed by atoms with Gasteiger partial charge in [-0.1, -0.05) is 51.1 Å². The summed E-state index contributed by atoms with van der Waals surface area (Å²) in [6.07, 6.45) is 0. The molecule has 24 heavy (non-hydrogen) atoms. The van der Waals surface area contributed by atoms with Crippen molar-refractivity contribution in [3.05, 3.63) is 59.2 Å². The molecule has 0 aliphatic carbocycles. The predicted octanol–water partition coefficient (Wildman–Crippen LogP) is 4.39. The van der Waals surface area contributed by atoms with Gasteiger partial charge in [-0.2, -0.15) is 0 Å². The van der Waals surface area contributed by atoms with E-state index in [0.717, 1.165) is 33.8 Å². The minimum atomic E-state index is -0.785. The lowest BCUT2D eigenvalue weighted by Gasteiger charge is -2.33. The molecule has 3 nitrogen and oxygen atoms in total. The fourth-order valence-corrected chi connectivity index (χ4v) is 4.16. The lowest BCUT2D eigenvalue weighted by molar-refractivity contribution is -0.119. The summed E-state index contributed by atoms with van der Waals surface area (Å²) < 4.78 is 0. The van der Waals surface area contributed by atoms with E-state index in [1.807, 2.05) is 25.2 Å². The number of benzene rings is 2. The van der Waals surface area contributed by atoms with Gasteiger partial charge in [-0.15, -0.1) is 0 Å². The molecule has 2 aliphatic rings. The quantitative estimate of drug-likeness (QED) is 0.709. The van der Waals surface area contributed by atoms with Crippen LogP contribution in [0.4, 0.5) is 11.4 Å². The second kappa shape index (κ2) is 4.56. The van der Waals surface area contributed by atoms with E-state index >= 15 is 0 Å². The molecule has 0 N–H and O–H groups in total. The molecule has 4 rings (SSSR count). The zero-order valence-electron chi connectivity index (χ0n) is 14.8. The Labute approximate surface area is 143 Å². The number of hydrogen-bond donors (Lipinski definition) is 0. The molecule has 2 aliphatic heterocycles. The molecule has 122 valence electrons. The van der Waals surface area contributed by atoms with E-state index < -0.39 is 5.41 Å². The van der Waals surface area contributed by atoms with E-state index in [9.17, 15) is 4.79 Å². The number of fused-ring (bicyclic) bond motifs is 4. The summed E-state index contributed by atoms with van der Waals surface area (Å²) in [4.78, 5) is 20.3. The number of aliphatic imine (C=N–C) groups is 1. The topological polar surface area (TPSA) is 32.7 Å². The van der Waals surface area contributed by atoms with Gasteiger partial charge in [0.05, 0.1) is 5.69 Å². The highest BCUT2D eigenvalue weighted by Crippen LogP contribution is 2.55. The Morgan fingerprint density at radius 2 is 1.75 bits per heavy atom. The monoisotopic (exact) mass is 318 g/mol. The number of amides is 1. The highest BCUT2D eigenvalue weighted by molar-refractivity contribution is 6.29. The highest BCUT2D eigenvalue weighted by Gasteiger charge is 2.59. The average molecular weight is 318 g/mol. The van der Waals surface area contributed by atoms with E-state index in [2.05, 4.69) is 52.0 Å². The molecule has 0 saturated carbocycles. The molecule has 0 aromatic heterocycles. The van der Waals surface area contributed by atoms with E-state index in [4.69, 9.17) is 4.99 Å². The van der Waals surface area contributed by atoms with Gasteiger partial charge in [0.15, 0.2) is 0 Å². The predicted molar refractivity (Wildman–Crippen MR) is 98.4 cm³/mol. The van der Waals surface area contributed by atoms with Crippen LogP contribution < -0.4 is 4.90 Å². The van der Waals surface area contributed by atoms with Gasteiger partial charge in [0, 0.05) is 35.0 Å². The van der Waals surface area contributed by atoms with Gasteiger partial charge in [-0.05, 0) is 24.6 Å². The van der Waals surface area contributed by atoms with Crippen molar-refractivity contribution < 1.29 is 4.79 Å². The fourth-order valence-electron chi connectivity index (χ4n) is 4.16. The SMILES string of the molecule is Cc1ccc2c(c1)N=C(C(C)(C)C)C21C(=O)N(C)c2ccccc21. The maximum Gasteiger partial charge on any atom is 0.247 e. The van der Waals surface area contributed by atoms with Gasteiger partial charge in [-0.25, -0.2) is 0 Å². The molecule has 0 saturated heterocycles. The standard InChI is InChI=1S/C21H22N2O/c1-13-10-11-14-16(12-13)22-18(20(2,3)4)21(14)15-8-6-7-9-17(15)23(5)19(21)24/h6-12H,1-5H3. The van der Waals surface area contributed by atoms with Crippen molar-refractivity contribution in [1.82, 2.24) is 0 Å². The summed E-state index contributed by atoms with van der Waals surface area (Å²) in [6, 6.07) is 14.3. The number of para-hydroxylation sites is 1. The third kappa shape index (κ3) is 1.67. The number of aryl methyl sites for hydroxylation is 1. The summed E-state index contributed by atoms with van der Waals surface area (Å²) in [5.41, 5.74) is 5.08. The lowest BCUT2D eigenvalue weighted by Crippen LogP contribution is -2.48. The number of nitrogens with zero attached hydrogens (tertiary/aromatic N) is 2. The van der Waals surface area contributed by atoms with E-state index in [0.29, 0.717) is 0 Å². The van der Waals surface area contributed by atoms with Crippen molar-refractivity contribution in [3.8, 4) is 0 Å². The van der Waals surface area contributed by atoms with Crippen molar-refractivity contribution in [2.75, 3.05) is 11.9 Å². The average Bonchev–Trinajstić information content (AvgIpc) is 2.98. The van der Waals surface area contributed by atoms with E-state index in [1.54, 1.807) is 4.90 Å². The van der Waals surface area contributed by atoms with Crippen LogP contribution >= 0.6 is 0 Å². The zero-order chi connectivity index (χ0) is 17.3. The van der Waals surface area contributed by atoms with Crippen LogP contribution in [0.5, 0.6) is 0 Å². The molecule has 2 aromatic carbocycles. The second-order valence-electron chi connectivity index (χ2n) is 7.86. The Bertz CT molecular complexity index is 904. The summed E-state index contributed by atoms with van der Waals surface area (Å²) in [6.45, 7) is 8.48. The van der Waals surface area contributed by atoms with Crippen LogP contribution in [0, 0.1) is 12.3 Å². The van der Waals surface area contributed by atoms with Crippen molar-refractivity contribution in [3.63, 3.8) is 0 Å². The minimum absolute atomic E-state index is 0.0972. The highest BCUT2D eigenvalue weighted by atomic mass is 16.2. The van der Waals surface area contributed by atoms with Crippen LogP contribution in [0.3, 0.4) is 0 Å². The van der Waals surface area contributed by atoms with Gasteiger partial charge in [-0.3, -0.25) is 9.79 Å². The molecule has 2 aromatic rings. The summed E-state index contributed by atoms with van der Waals surface area (Å²) in [7, 11) is 1.86. The van der Waals surface area contributed by atoms with E-state index in [-0.39, 0.29) is 11.3 Å². The third-order valence-electron chi connectivity index (χ3n) is 5.15. The first-order valence-corrected chi connectivity index (χ1v) is 8.36. The van der Waals surface area contributed by atoms with Crippen molar-refractivity contribution in [2.24, 2.45) is 10.4 Å². The first kappa shape index (κ1) is 15.1. The Morgan fingerprint density at radius 3 is 2.46 bits per heavy atom. The summed E-state index contributed by atoms with van der Waals surface area (Å²) >= 11 is 0. The second-order valence-corrected chi connectivity index (χ2v) is 7.86. The normalized spacial score (nSPS) is 22.0. The molecule has 1 amide bonds. The Morgan fingerprint density at radius 1 is 1.04 bits per heavy atom. The number of hydrogen-bond acceptors (Lipinski definition) is 2. The van der Waals surface area contributed by atoms with Crippen LogP contribution in [0.15, 0.2) is 47.5 Å². The molecule has 1 spiro atoms. The number of carbonyl (C=O) groups is 1. The Kier molecular flexibility index (Phi) is 2.88. The van der Waals surface area contributed by atoms with Crippen molar-refractivity contribution in [2.45, 2.75) is 33.1 Å². The summed E-state index contributed by atoms with van der Waals surface area (Å²) in [5, 5.41) is 0. The van der Waals surface area contributed by atoms with Crippen LogP contribution in [-0.2, 0) is 10.2 Å².